The van der Waals surface area contributed by atoms with E-state index >= 15 is 0 Å². The lowest BCUT2D eigenvalue weighted by Gasteiger charge is -2.17. The summed E-state index contributed by atoms with van der Waals surface area (Å²) in [6.45, 7) is 3.71. The number of nitro groups is 1. The second-order valence-electron chi connectivity index (χ2n) is 7.47. The second kappa shape index (κ2) is 8.27. The minimum atomic E-state index is -0.950. The van der Waals surface area contributed by atoms with E-state index in [2.05, 4.69) is 5.32 Å². The fourth-order valence-electron chi connectivity index (χ4n) is 3.56. The maximum atomic E-state index is 14.5. The van der Waals surface area contributed by atoms with Crippen LogP contribution in [-0.4, -0.2) is 16.7 Å². The third-order valence-corrected chi connectivity index (χ3v) is 5.46. The number of nitrogens with one attached hydrogen (secondary N) is 1. The van der Waals surface area contributed by atoms with Crippen LogP contribution in [0.5, 0.6) is 0 Å². The zero-order valence-electron chi connectivity index (χ0n) is 17.6. The Kier molecular flexibility index (Phi) is 5.47. The lowest BCUT2D eigenvalue weighted by atomic mass is 10.0. The van der Waals surface area contributed by atoms with Crippen LogP contribution in [0.2, 0.25) is 0 Å². The molecule has 0 saturated carbocycles. The van der Waals surface area contributed by atoms with Gasteiger partial charge in [0.2, 0.25) is 0 Å². The molecule has 3 aromatic carbocycles. The van der Waals surface area contributed by atoms with E-state index in [1.54, 1.807) is 12.1 Å². The molecule has 0 aliphatic carbocycles. The van der Waals surface area contributed by atoms with Gasteiger partial charge in [-0.15, -0.1) is 0 Å². The number of anilines is 2. The standard InChI is InChI=1S/C24H17F2N3O4/c1-13-4-3-5-19(14(13)2)27-22-21(15-6-9-17(10-7-15)29(32)33)23(30)28(24(22)31)20-12-16(25)8-11-18(20)26/h3-12,27H,1-2H3. The number of halogens is 2. The van der Waals surface area contributed by atoms with Gasteiger partial charge >= 0.3 is 0 Å². The molecule has 4 rings (SSSR count). The number of benzene rings is 3. The molecule has 1 aliphatic rings. The summed E-state index contributed by atoms with van der Waals surface area (Å²) in [5, 5.41) is 14.0. The largest absolute Gasteiger partial charge is 0.350 e. The van der Waals surface area contributed by atoms with Crippen LogP contribution in [0.3, 0.4) is 0 Å². The van der Waals surface area contributed by atoms with Crippen molar-refractivity contribution in [1.82, 2.24) is 0 Å². The van der Waals surface area contributed by atoms with Gasteiger partial charge in [0.05, 0.1) is 16.2 Å². The SMILES string of the molecule is Cc1cccc(NC2=C(c3ccc([N+](=O)[O-])cc3)C(=O)N(c3cc(F)ccc3F)C2=O)c1C. The van der Waals surface area contributed by atoms with Crippen molar-refractivity contribution in [2.45, 2.75) is 13.8 Å². The molecular formula is C24H17F2N3O4. The number of carbonyl (C=O) groups is 2. The summed E-state index contributed by atoms with van der Waals surface area (Å²) >= 11 is 0. The van der Waals surface area contributed by atoms with Gasteiger partial charge in [0.25, 0.3) is 17.5 Å². The summed E-state index contributed by atoms with van der Waals surface area (Å²) < 4.78 is 28.3. The maximum Gasteiger partial charge on any atom is 0.282 e. The van der Waals surface area contributed by atoms with Gasteiger partial charge in [-0.3, -0.25) is 19.7 Å². The van der Waals surface area contributed by atoms with Crippen LogP contribution < -0.4 is 10.2 Å². The average Bonchev–Trinajstić information content (AvgIpc) is 3.02. The summed E-state index contributed by atoms with van der Waals surface area (Å²) in [5.41, 5.74) is 1.53. The number of aryl methyl sites for hydroxylation is 1. The van der Waals surface area contributed by atoms with E-state index in [1.165, 1.54) is 24.3 Å². The molecule has 0 atom stereocenters. The van der Waals surface area contributed by atoms with Crippen molar-refractivity contribution < 1.29 is 23.3 Å². The predicted octanol–water partition coefficient (Wildman–Crippen LogP) is 4.89. The van der Waals surface area contributed by atoms with Crippen molar-refractivity contribution in [3.8, 4) is 0 Å². The Labute approximate surface area is 187 Å². The minimum absolute atomic E-state index is 0.112. The first-order valence-electron chi connectivity index (χ1n) is 9.85. The second-order valence-corrected chi connectivity index (χ2v) is 7.47. The molecule has 3 aromatic rings. The summed E-state index contributed by atoms with van der Waals surface area (Å²) in [6.07, 6.45) is 0. The van der Waals surface area contributed by atoms with Gasteiger partial charge in [0.15, 0.2) is 0 Å². The minimum Gasteiger partial charge on any atom is -0.350 e. The van der Waals surface area contributed by atoms with Gasteiger partial charge in [-0.1, -0.05) is 12.1 Å². The van der Waals surface area contributed by atoms with Crippen LogP contribution in [0.15, 0.2) is 66.4 Å². The van der Waals surface area contributed by atoms with E-state index in [4.69, 9.17) is 0 Å². The van der Waals surface area contributed by atoms with Crippen molar-refractivity contribution in [1.29, 1.82) is 0 Å². The highest BCUT2D eigenvalue weighted by Crippen LogP contribution is 2.36. The fourth-order valence-corrected chi connectivity index (χ4v) is 3.56. The summed E-state index contributed by atoms with van der Waals surface area (Å²) in [5.74, 6) is -3.53. The van der Waals surface area contributed by atoms with E-state index in [0.29, 0.717) is 10.6 Å². The first-order valence-corrected chi connectivity index (χ1v) is 9.85. The molecule has 0 bridgehead atoms. The molecule has 1 aliphatic heterocycles. The molecule has 166 valence electrons. The molecule has 0 radical (unpaired) electrons. The van der Waals surface area contributed by atoms with Gasteiger partial charge in [0, 0.05) is 23.9 Å². The number of non-ortho nitro benzene ring substituents is 1. The Hall–Kier alpha value is -4.40. The maximum absolute atomic E-state index is 14.5. The number of amides is 2. The number of rotatable bonds is 5. The molecule has 1 N–H and O–H groups in total. The topological polar surface area (TPSA) is 92.6 Å². The Balaban J connectivity index is 1.88. The van der Waals surface area contributed by atoms with Crippen molar-refractivity contribution in [2.24, 2.45) is 0 Å². The van der Waals surface area contributed by atoms with Gasteiger partial charge in [-0.2, -0.15) is 0 Å². The summed E-state index contributed by atoms with van der Waals surface area (Å²) in [7, 11) is 0. The molecule has 1 heterocycles. The van der Waals surface area contributed by atoms with E-state index in [0.717, 1.165) is 29.3 Å². The smallest absolute Gasteiger partial charge is 0.282 e. The Bertz CT molecular complexity index is 1350. The molecule has 0 unspecified atom stereocenters. The van der Waals surface area contributed by atoms with E-state index in [1.807, 2.05) is 19.9 Å². The molecule has 7 nitrogen and oxygen atoms in total. The van der Waals surface area contributed by atoms with Crippen LogP contribution in [0.4, 0.5) is 25.8 Å². The molecule has 9 heteroatoms. The van der Waals surface area contributed by atoms with Crippen LogP contribution in [0.25, 0.3) is 5.57 Å². The van der Waals surface area contributed by atoms with Crippen LogP contribution in [0, 0.1) is 35.6 Å². The summed E-state index contributed by atoms with van der Waals surface area (Å²) in [4.78, 5) is 37.6. The fraction of sp³-hybridized carbons (Fsp3) is 0.0833. The van der Waals surface area contributed by atoms with Gasteiger partial charge in [-0.25, -0.2) is 13.7 Å². The van der Waals surface area contributed by atoms with Crippen molar-refractivity contribution in [3.63, 3.8) is 0 Å². The molecule has 0 saturated heterocycles. The molecule has 0 spiro atoms. The molecular weight excluding hydrogens is 432 g/mol. The number of nitro benzene ring substituents is 1. The predicted molar refractivity (Wildman–Crippen MR) is 118 cm³/mol. The first kappa shape index (κ1) is 21.8. The Morgan fingerprint density at radius 1 is 0.939 bits per heavy atom. The number of imide groups is 1. The van der Waals surface area contributed by atoms with Crippen LogP contribution in [0.1, 0.15) is 16.7 Å². The normalized spacial score (nSPS) is 13.6. The van der Waals surface area contributed by atoms with E-state index < -0.39 is 34.1 Å². The quantitative estimate of drug-likeness (QED) is 0.340. The lowest BCUT2D eigenvalue weighted by Crippen LogP contribution is -2.33. The third kappa shape index (κ3) is 3.84. The number of hydrogen-bond donors (Lipinski definition) is 1. The van der Waals surface area contributed by atoms with Gasteiger partial charge < -0.3 is 5.32 Å². The highest BCUT2D eigenvalue weighted by atomic mass is 19.1. The van der Waals surface area contributed by atoms with Crippen LogP contribution >= 0.6 is 0 Å². The molecule has 33 heavy (non-hydrogen) atoms. The number of nitrogens with zero attached hydrogens (tertiary/aromatic N) is 2. The monoisotopic (exact) mass is 449 g/mol. The zero-order valence-corrected chi connectivity index (χ0v) is 17.6. The molecule has 2 amide bonds. The first-order chi connectivity index (χ1) is 15.7. The third-order valence-electron chi connectivity index (χ3n) is 5.46. The highest BCUT2D eigenvalue weighted by molar-refractivity contribution is 6.46. The Morgan fingerprint density at radius 3 is 2.30 bits per heavy atom. The zero-order chi connectivity index (χ0) is 23.9. The van der Waals surface area contributed by atoms with Crippen molar-refractivity contribution in [2.75, 3.05) is 10.2 Å². The van der Waals surface area contributed by atoms with Crippen molar-refractivity contribution in [3.05, 3.63) is 105 Å². The van der Waals surface area contributed by atoms with E-state index in [-0.39, 0.29) is 22.5 Å². The van der Waals surface area contributed by atoms with Crippen molar-refractivity contribution >= 4 is 34.4 Å². The molecule has 0 fully saturated rings. The summed E-state index contributed by atoms with van der Waals surface area (Å²) in [6, 6.07) is 12.9. The average molecular weight is 449 g/mol. The number of hydrogen-bond acceptors (Lipinski definition) is 5. The number of carbonyl (C=O) groups excluding carboxylic acids is 2. The molecule has 0 aromatic heterocycles. The highest BCUT2D eigenvalue weighted by Gasteiger charge is 2.41. The van der Waals surface area contributed by atoms with E-state index in [9.17, 15) is 28.5 Å². The van der Waals surface area contributed by atoms with Gasteiger partial charge in [0.1, 0.15) is 17.3 Å². The van der Waals surface area contributed by atoms with Crippen LogP contribution in [-0.2, 0) is 9.59 Å². The van der Waals surface area contributed by atoms with Gasteiger partial charge in [-0.05, 0) is 60.9 Å². The lowest BCUT2D eigenvalue weighted by molar-refractivity contribution is -0.384. The Morgan fingerprint density at radius 2 is 1.64 bits per heavy atom.